The SMILES string of the molecule is CC(=O)O.CC(=O)O.CC(=O)O.CC(=O)O.CC(=O)O.CC(C)=O.CC(C)=O.CC(C)=O.CC(C)=O.CC(C)=O.O=C(O)O.O=C(O)O.O=C(O)O.O=C(O)O. The van der Waals surface area contributed by atoms with Crippen LogP contribution in [0.3, 0.4) is 0 Å². The fraction of sp³-hybridized carbons (Fsp3) is 0.517. The Morgan fingerprint density at radius 2 is 0.179 bits per heavy atom. The van der Waals surface area contributed by atoms with E-state index < -0.39 is 54.5 Å². The van der Waals surface area contributed by atoms with Crippen molar-refractivity contribution in [2.45, 2.75) is 104 Å². The first kappa shape index (κ1) is 92.1. The van der Waals surface area contributed by atoms with Gasteiger partial charge < -0.3 is 90.4 Å². The Balaban J connectivity index is -0.0000000283. The Hall–Kier alpha value is -7.22. The molecule has 0 bridgehead atoms. The Labute approximate surface area is 321 Å². The molecule has 0 atom stereocenters. The second-order valence-corrected chi connectivity index (χ2v) is 8.27. The molecule has 0 aliphatic carbocycles. The van der Waals surface area contributed by atoms with Crippen molar-refractivity contribution < 1.29 is 134 Å². The lowest BCUT2D eigenvalue weighted by Crippen LogP contribution is -1.81. The van der Waals surface area contributed by atoms with E-state index in [1.54, 1.807) is 0 Å². The predicted molar refractivity (Wildman–Crippen MR) is 191 cm³/mol. The van der Waals surface area contributed by atoms with Crippen molar-refractivity contribution in [3.05, 3.63) is 0 Å². The topological polar surface area (TPSA) is 502 Å². The van der Waals surface area contributed by atoms with Gasteiger partial charge in [0.25, 0.3) is 29.8 Å². The van der Waals surface area contributed by atoms with Crippen LogP contribution in [0.4, 0.5) is 19.2 Å². The lowest BCUT2D eigenvalue weighted by Gasteiger charge is -1.60. The van der Waals surface area contributed by atoms with E-state index in [-0.39, 0.29) is 28.9 Å². The summed E-state index contributed by atoms with van der Waals surface area (Å²) in [6, 6.07) is 0. The van der Waals surface area contributed by atoms with E-state index in [2.05, 4.69) is 0 Å². The Morgan fingerprint density at radius 3 is 0.179 bits per heavy atom. The van der Waals surface area contributed by atoms with Gasteiger partial charge in [0.05, 0.1) is 0 Å². The normalized spacial score (nSPS) is 6.27. The maximum Gasteiger partial charge on any atom is 0.503 e. The summed E-state index contributed by atoms with van der Waals surface area (Å²) in [6.45, 7) is 20.7. The van der Waals surface area contributed by atoms with E-state index in [0.29, 0.717) is 0 Å². The molecular weight excluding hydrogens is 780 g/mol. The first-order valence-electron chi connectivity index (χ1n) is 13.3. The number of carbonyl (C=O) groups is 14. The van der Waals surface area contributed by atoms with Gasteiger partial charge in [-0.3, -0.25) is 24.0 Å². The molecule has 0 aliphatic heterocycles. The highest BCUT2D eigenvalue weighted by Crippen LogP contribution is 1.52. The molecule has 27 nitrogen and oxygen atoms in total. The highest BCUT2D eigenvalue weighted by molar-refractivity contribution is 5.73. The van der Waals surface area contributed by atoms with E-state index in [0.717, 1.165) is 34.6 Å². The van der Waals surface area contributed by atoms with E-state index in [1.807, 2.05) is 0 Å². The molecule has 0 fully saturated rings. The van der Waals surface area contributed by atoms with Crippen LogP contribution < -0.4 is 0 Å². The molecule has 0 rings (SSSR count). The first-order chi connectivity index (χ1) is 24.2. The van der Waals surface area contributed by atoms with Crippen molar-refractivity contribution >= 4 is 83.4 Å². The number of carbonyl (C=O) groups excluding carboxylic acids is 5. The number of hydrogen-bond donors (Lipinski definition) is 13. The van der Waals surface area contributed by atoms with Gasteiger partial charge in [0, 0.05) is 34.6 Å². The number of rotatable bonds is 0. The zero-order valence-corrected chi connectivity index (χ0v) is 33.5. The van der Waals surface area contributed by atoms with Crippen molar-refractivity contribution in [1.29, 1.82) is 0 Å². The van der Waals surface area contributed by atoms with Gasteiger partial charge in [-0.25, -0.2) is 19.2 Å². The van der Waals surface area contributed by atoms with Crippen molar-refractivity contribution in [2.24, 2.45) is 0 Å². The van der Waals surface area contributed by atoms with Gasteiger partial charge in [0.2, 0.25) is 0 Å². The molecule has 0 aromatic carbocycles. The summed E-state index contributed by atoms with van der Waals surface area (Å²) < 4.78 is 0. The third kappa shape index (κ3) is 1880. The highest BCUT2D eigenvalue weighted by Gasteiger charge is 1.72. The molecule has 0 radical (unpaired) electrons. The summed E-state index contributed by atoms with van der Waals surface area (Å²) in [7, 11) is 0. The molecule has 0 amide bonds. The average Bonchev–Trinajstić information content (AvgIpc) is 2.73. The van der Waals surface area contributed by atoms with Crippen LogP contribution in [0.25, 0.3) is 0 Å². The zero-order valence-electron chi connectivity index (χ0n) is 33.5. The van der Waals surface area contributed by atoms with E-state index in [9.17, 15) is 24.0 Å². The molecule has 13 N–H and O–H groups in total. The highest BCUT2D eigenvalue weighted by atomic mass is 16.6. The molecule has 0 heterocycles. The predicted octanol–water partition coefficient (Wildman–Crippen LogP) is 4.32. The van der Waals surface area contributed by atoms with Crippen LogP contribution >= 0.6 is 0 Å². The first-order valence-corrected chi connectivity index (χ1v) is 13.3. The summed E-state index contributed by atoms with van der Waals surface area (Å²) in [4.78, 5) is 126. The smallest absolute Gasteiger partial charge is 0.481 e. The summed E-state index contributed by atoms with van der Waals surface area (Å²) in [5, 5.41) is 92.9. The fourth-order valence-corrected chi connectivity index (χ4v) is 0. The maximum absolute atomic E-state index is 9.44. The number of carboxylic acid groups (broad SMARTS) is 13. The summed E-state index contributed by atoms with van der Waals surface area (Å²) in [6.07, 6.45) is -7.33. The van der Waals surface area contributed by atoms with E-state index >= 15 is 0 Å². The summed E-state index contributed by atoms with van der Waals surface area (Å²) >= 11 is 0. The lowest BCUT2D eigenvalue weighted by molar-refractivity contribution is -0.135. The molecule has 0 saturated heterocycles. The quantitative estimate of drug-likeness (QED) is 0.161. The molecule has 0 aromatic heterocycles. The Morgan fingerprint density at radius 1 is 0.179 bits per heavy atom. The summed E-state index contributed by atoms with van der Waals surface area (Å²) in [5.41, 5.74) is 0. The van der Waals surface area contributed by atoms with Crippen molar-refractivity contribution in [2.75, 3.05) is 0 Å². The molecular formula is C29H58O27. The van der Waals surface area contributed by atoms with Crippen LogP contribution in [0.2, 0.25) is 0 Å². The van der Waals surface area contributed by atoms with Crippen LogP contribution in [0, 0.1) is 0 Å². The molecule has 336 valence electrons. The second kappa shape index (κ2) is 86.4. The van der Waals surface area contributed by atoms with Gasteiger partial charge in [0.15, 0.2) is 0 Å². The monoisotopic (exact) mass is 838 g/mol. The molecule has 56 heavy (non-hydrogen) atoms. The molecule has 0 spiro atoms. The Bertz CT molecular complexity index is 698. The van der Waals surface area contributed by atoms with Gasteiger partial charge in [-0.15, -0.1) is 0 Å². The lowest BCUT2D eigenvalue weighted by atomic mass is 10.6. The van der Waals surface area contributed by atoms with Crippen LogP contribution in [0.15, 0.2) is 0 Å². The molecule has 27 heteroatoms. The van der Waals surface area contributed by atoms with Crippen molar-refractivity contribution in [1.82, 2.24) is 0 Å². The van der Waals surface area contributed by atoms with Crippen LogP contribution in [-0.4, -0.2) is 150 Å². The van der Waals surface area contributed by atoms with Gasteiger partial charge in [-0.1, -0.05) is 0 Å². The second-order valence-electron chi connectivity index (χ2n) is 8.27. The number of Topliss-reactive ketones (excluding diaryl/α,β-unsaturated/α-hetero) is 5. The van der Waals surface area contributed by atoms with Crippen LogP contribution in [-0.2, 0) is 47.9 Å². The third-order valence-corrected chi connectivity index (χ3v) is 0. The minimum absolute atomic E-state index is 0.167. The number of ketones is 5. The fourth-order valence-electron chi connectivity index (χ4n) is 0. The molecule has 0 saturated carbocycles. The maximum atomic E-state index is 9.44. The number of hydrogen-bond acceptors (Lipinski definition) is 14. The van der Waals surface area contributed by atoms with Gasteiger partial charge in [-0.05, 0) is 69.2 Å². The van der Waals surface area contributed by atoms with Crippen LogP contribution in [0.5, 0.6) is 0 Å². The number of carboxylic acids is 5. The molecule has 0 aromatic rings. The van der Waals surface area contributed by atoms with E-state index in [4.69, 9.17) is 110 Å². The van der Waals surface area contributed by atoms with Crippen LogP contribution in [0.1, 0.15) is 104 Å². The van der Waals surface area contributed by atoms with Crippen molar-refractivity contribution in [3.63, 3.8) is 0 Å². The standard InChI is InChI=1S/5C3H6O.5C2H4O2.4CH2O3/c5*1-3(2)4;5*1-2(3)4;4*2-1(3)4/h5*1-2H3;5*1H3,(H,3,4);4*(H2,2,3,4). The largest absolute Gasteiger partial charge is 0.503 e. The molecule has 0 unspecified atom stereocenters. The van der Waals surface area contributed by atoms with E-state index in [1.165, 1.54) is 69.2 Å². The minimum atomic E-state index is -1.83. The van der Waals surface area contributed by atoms with Gasteiger partial charge >= 0.3 is 24.6 Å². The zero-order chi connectivity index (χ0) is 50.1. The minimum Gasteiger partial charge on any atom is -0.481 e. The van der Waals surface area contributed by atoms with Gasteiger partial charge in [-0.2, -0.15) is 0 Å². The number of aliphatic carboxylic acids is 5. The molecule has 0 aliphatic rings. The third-order valence-electron chi connectivity index (χ3n) is 0. The summed E-state index contributed by atoms with van der Waals surface area (Å²) in [5.74, 6) is -3.33. The average molecular weight is 839 g/mol. The Kier molecular flexibility index (Phi) is 142. The van der Waals surface area contributed by atoms with Crippen molar-refractivity contribution in [3.8, 4) is 0 Å². The van der Waals surface area contributed by atoms with Gasteiger partial charge in [0.1, 0.15) is 28.9 Å².